The van der Waals surface area contributed by atoms with Gasteiger partial charge in [-0.3, -0.25) is 0 Å². The van der Waals surface area contributed by atoms with Crippen LogP contribution in [-0.2, 0) is 5.41 Å². The zero-order chi connectivity index (χ0) is 11.9. The summed E-state index contributed by atoms with van der Waals surface area (Å²) in [6.45, 7) is 3.01. The summed E-state index contributed by atoms with van der Waals surface area (Å²) in [5, 5.41) is 0. The lowest BCUT2D eigenvalue weighted by Crippen LogP contribution is -2.38. The Balaban J connectivity index is 1.82. The second kappa shape index (κ2) is 4.02. The fourth-order valence-electron chi connectivity index (χ4n) is 3.46. The fourth-order valence-corrected chi connectivity index (χ4v) is 3.46. The molecule has 0 radical (unpaired) electrons. The van der Waals surface area contributed by atoms with E-state index in [1.807, 2.05) is 0 Å². The van der Waals surface area contributed by atoms with Crippen molar-refractivity contribution in [3.8, 4) is 5.75 Å². The maximum atomic E-state index is 6.02. The number of nitrogens with two attached hydrogens (primary N) is 1. The topological polar surface area (TPSA) is 35.2 Å². The lowest BCUT2D eigenvalue weighted by atomic mass is 9.67. The molecule has 0 amide bonds. The molecule has 3 rings (SSSR count). The van der Waals surface area contributed by atoms with E-state index in [4.69, 9.17) is 10.5 Å². The van der Waals surface area contributed by atoms with Crippen LogP contribution in [0.15, 0.2) is 24.3 Å². The maximum absolute atomic E-state index is 6.02. The summed E-state index contributed by atoms with van der Waals surface area (Å²) in [5.74, 6) is 1.81. The molecular weight excluding hydrogens is 210 g/mol. The Bertz CT molecular complexity index is 405. The van der Waals surface area contributed by atoms with Crippen LogP contribution in [0.5, 0.6) is 5.75 Å². The van der Waals surface area contributed by atoms with E-state index in [0.29, 0.717) is 17.4 Å². The average molecular weight is 231 g/mol. The van der Waals surface area contributed by atoms with Crippen molar-refractivity contribution < 1.29 is 4.74 Å². The van der Waals surface area contributed by atoms with Crippen molar-refractivity contribution in [2.45, 2.75) is 44.1 Å². The van der Waals surface area contributed by atoms with Crippen molar-refractivity contribution >= 4 is 0 Å². The van der Waals surface area contributed by atoms with Crippen LogP contribution in [-0.4, -0.2) is 12.6 Å². The number of ether oxygens (including phenoxy) is 1. The van der Waals surface area contributed by atoms with Crippen molar-refractivity contribution in [3.05, 3.63) is 29.8 Å². The molecule has 1 atom stereocenters. The molecule has 17 heavy (non-hydrogen) atoms. The second-order valence-corrected chi connectivity index (χ2v) is 5.76. The molecule has 1 unspecified atom stereocenters. The van der Waals surface area contributed by atoms with Crippen molar-refractivity contribution in [3.63, 3.8) is 0 Å². The van der Waals surface area contributed by atoms with Gasteiger partial charge in [0.15, 0.2) is 0 Å². The first kappa shape index (κ1) is 11.1. The molecule has 1 heterocycles. The van der Waals surface area contributed by atoms with Crippen LogP contribution in [0.3, 0.4) is 0 Å². The Morgan fingerprint density at radius 1 is 1.29 bits per heavy atom. The lowest BCUT2D eigenvalue weighted by Gasteiger charge is -2.37. The van der Waals surface area contributed by atoms with Gasteiger partial charge in [-0.25, -0.2) is 0 Å². The smallest absolute Gasteiger partial charge is 0.123 e. The molecule has 1 aliphatic carbocycles. The summed E-state index contributed by atoms with van der Waals surface area (Å²) in [6.07, 6.45) is 4.96. The van der Waals surface area contributed by atoms with E-state index in [0.717, 1.165) is 12.4 Å². The summed E-state index contributed by atoms with van der Waals surface area (Å²) in [7, 11) is 0. The fraction of sp³-hybridized carbons (Fsp3) is 0.600. The predicted octanol–water partition coefficient (Wildman–Crippen LogP) is 2.85. The number of hydrogen-bond donors (Lipinski definition) is 1. The van der Waals surface area contributed by atoms with Gasteiger partial charge in [0.25, 0.3) is 0 Å². The number of fused-ring (bicyclic) bond motifs is 2. The Morgan fingerprint density at radius 2 is 2.00 bits per heavy atom. The van der Waals surface area contributed by atoms with Gasteiger partial charge in [-0.05, 0) is 44.6 Å². The molecule has 2 nitrogen and oxygen atoms in total. The quantitative estimate of drug-likeness (QED) is 0.806. The van der Waals surface area contributed by atoms with Crippen LogP contribution < -0.4 is 10.5 Å². The summed E-state index contributed by atoms with van der Waals surface area (Å²) in [6, 6.07) is 8.87. The zero-order valence-corrected chi connectivity index (χ0v) is 10.5. The lowest BCUT2D eigenvalue weighted by molar-refractivity contribution is 0.171. The summed E-state index contributed by atoms with van der Waals surface area (Å²) in [5.41, 5.74) is 7.74. The first-order chi connectivity index (χ1) is 8.21. The molecule has 2 N–H and O–H groups in total. The highest BCUT2D eigenvalue weighted by Crippen LogP contribution is 2.49. The summed E-state index contributed by atoms with van der Waals surface area (Å²) >= 11 is 0. The van der Waals surface area contributed by atoms with E-state index in [2.05, 4.69) is 31.2 Å². The van der Waals surface area contributed by atoms with Gasteiger partial charge in [0.05, 0.1) is 6.61 Å². The van der Waals surface area contributed by atoms with E-state index in [-0.39, 0.29) is 0 Å². The number of benzene rings is 1. The van der Waals surface area contributed by atoms with E-state index in [9.17, 15) is 0 Å². The van der Waals surface area contributed by atoms with Gasteiger partial charge in [0, 0.05) is 17.0 Å². The number of para-hydroxylation sites is 1. The highest BCUT2D eigenvalue weighted by Gasteiger charge is 2.43. The summed E-state index contributed by atoms with van der Waals surface area (Å²) in [4.78, 5) is 0. The highest BCUT2D eigenvalue weighted by atomic mass is 16.5. The Kier molecular flexibility index (Phi) is 2.62. The largest absolute Gasteiger partial charge is 0.492 e. The standard InChI is InChI=1S/C15H21NO/c1-11(16)12-6-8-15(9-7-12)10-17-14-5-3-2-4-13(14)15/h2-5,11-12H,6-10,16H2,1H3. The van der Waals surface area contributed by atoms with E-state index in [1.165, 1.54) is 31.2 Å². The van der Waals surface area contributed by atoms with Crippen molar-refractivity contribution in [2.24, 2.45) is 11.7 Å². The van der Waals surface area contributed by atoms with Crippen molar-refractivity contribution in [2.75, 3.05) is 6.61 Å². The second-order valence-electron chi connectivity index (χ2n) is 5.76. The van der Waals surface area contributed by atoms with E-state index < -0.39 is 0 Å². The summed E-state index contributed by atoms with van der Waals surface area (Å²) < 4.78 is 5.86. The van der Waals surface area contributed by atoms with Crippen LogP contribution in [0.25, 0.3) is 0 Å². The van der Waals surface area contributed by atoms with Gasteiger partial charge < -0.3 is 10.5 Å². The maximum Gasteiger partial charge on any atom is 0.123 e. The first-order valence-corrected chi connectivity index (χ1v) is 6.69. The third-order valence-corrected chi connectivity index (χ3v) is 4.69. The van der Waals surface area contributed by atoms with Crippen molar-refractivity contribution in [1.29, 1.82) is 0 Å². The van der Waals surface area contributed by atoms with Gasteiger partial charge in [-0.1, -0.05) is 18.2 Å². The number of rotatable bonds is 1. The minimum atomic E-state index is 0.294. The highest BCUT2D eigenvalue weighted by molar-refractivity contribution is 5.43. The van der Waals surface area contributed by atoms with E-state index in [1.54, 1.807) is 0 Å². The molecule has 2 aliphatic rings. The molecule has 1 saturated carbocycles. The Labute approximate surface area is 103 Å². The Morgan fingerprint density at radius 3 is 2.71 bits per heavy atom. The molecule has 92 valence electrons. The molecule has 1 fully saturated rings. The van der Waals surface area contributed by atoms with Crippen LogP contribution >= 0.6 is 0 Å². The molecule has 0 bridgehead atoms. The van der Waals surface area contributed by atoms with Crippen LogP contribution in [0, 0.1) is 5.92 Å². The van der Waals surface area contributed by atoms with E-state index >= 15 is 0 Å². The molecule has 1 spiro atoms. The Hall–Kier alpha value is -1.02. The van der Waals surface area contributed by atoms with Crippen molar-refractivity contribution in [1.82, 2.24) is 0 Å². The van der Waals surface area contributed by atoms with Gasteiger partial charge >= 0.3 is 0 Å². The minimum absolute atomic E-state index is 0.294. The SMILES string of the molecule is CC(N)C1CCC2(CC1)COc1ccccc12. The molecule has 1 aromatic carbocycles. The molecule has 0 saturated heterocycles. The monoisotopic (exact) mass is 231 g/mol. The number of hydrogen-bond acceptors (Lipinski definition) is 2. The zero-order valence-electron chi connectivity index (χ0n) is 10.5. The average Bonchev–Trinajstić information content (AvgIpc) is 2.70. The minimum Gasteiger partial charge on any atom is -0.492 e. The molecular formula is C15H21NO. The van der Waals surface area contributed by atoms with Crippen LogP contribution in [0.1, 0.15) is 38.2 Å². The normalized spacial score (nSPS) is 33.2. The molecule has 0 aromatic heterocycles. The predicted molar refractivity (Wildman–Crippen MR) is 69.2 cm³/mol. The van der Waals surface area contributed by atoms with Gasteiger partial charge in [0.1, 0.15) is 5.75 Å². The van der Waals surface area contributed by atoms with Gasteiger partial charge in [-0.15, -0.1) is 0 Å². The molecule has 1 aromatic rings. The van der Waals surface area contributed by atoms with Gasteiger partial charge in [-0.2, -0.15) is 0 Å². The third-order valence-electron chi connectivity index (χ3n) is 4.69. The molecule has 2 heteroatoms. The van der Waals surface area contributed by atoms with Crippen LogP contribution in [0.4, 0.5) is 0 Å². The molecule has 1 aliphatic heterocycles. The van der Waals surface area contributed by atoms with Crippen LogP contribution in [0.2, 0.25) is 0 Å². The van der Waals surface area contributed by atoms with Gasteiger partial charge in [0.2, 0.25) is 0 Å². The first-order valence-electron chi connectivity index (χ1n) is 6.69. The third kappa shape index (κ3) is 1.75.